The van der Waals surface area contributed by atoms with E-state index in [2.05, 4.69) is 26.9 Å². The number of piperidine rings is 1. The van der Waals surface area contributed by atoms with Crippen LogP contribution in [0.1, 0.15) is 51.6 Å². The van der Waals surface area contributed by atoms with Crippen molar-refractivity contribution >= 4 is 6.09 Å². The van der Waals surface area contributed by atoms with Crippen molar-refractivity contribution in [3.8, 4) is 11.3 Å². The van der Waals surface area contributed by atoms with Gasteiger partial charge >= 0.3 is 6.09 Å². The number of imidazole rings is 1. The van der Waals surface area contributed by atoms with Crippen molar-refractivity contribution < 1.29 is 9.53 Å². The maximum absolute atomic E-state index is 12.3. The molecule has 2 unspecified atom stereocenters. The lowest BCUT2D eigenvalue weighted by Crippen LogP contribution is -2.43. The first kappa shape index (κ1) is 19.6. The third-order valence-electron chi connectivity index (χ3n) is 5.93. The molecule has 0 N–H and O–H groups in total. The van der Waals surface area contributed by atoms with E-state index in [1.807, 2.05) is 45.4 Å². The Bertz CT molecular complexity index is 893. The summed E-state index contributed by atoms with van der Waals surface area (Å²) in [6, 6.07) is 8.08. The van der Waals surface area contributed by atoms with Crippen molar-refractivity contribution in [3.63, 3.8) is 0 Å². The minimum atomic E-state index is -0.501. The number of carbonyl (C=O) groups excluding carboxylic acids is 1. The lowest BCUT2D eigenvalue weighted by atomic mass is 9.85. The van der Waals surface area contributed by atoms with E-state index in [9.17, 15) is 9.70 Å². The summed E-state index contributed by atoms with van der Waals surface area (Å²) in [6.45, 7) is 6.81. The number of hydrogen-bond donors (Lipinski definition) is 0. The Morgan fingerprint density at radius 2 is 2.00 bits per heavy atom. The van der Waals surface area contributed by atoms with Gasteiger partial charge in [0.2, 0.25) is 0 Å². The molecule has 7 heteroatoms. The van der Waals surface area contributed by atoms with Gasteiger partial charge in [-0.15, -0.1) is 0 Å². The Balaban J connectivity index is 1.43. The molecule has 0 spiro atoms. The van der Waals surface area contributed by atoms with E-state index in [0.717, 1.165) is 18.5 Å². The fraction of sp³-hybridized carbons (Fsp3) is 0.545. The maximum atomic E-state index is 12.3. The molecule has 1 fully saturated rings. The van der Waals surface area contributed by atoms with Gasteiger partial charge in [-0.1, -0.05) is 29.4 Å². The monoisotopic (exact) mass is 396 g/mol. The average molecular weight is 396 g/mol. The van der Waals surface area contributed by atoms with Crippen molar-refractivity contribution in [2.75, 3.05) is 13.1 Å². The minimum Gasteiger partial charge on any atom is -0.444 e. The molecule has 2 aliphatic rings. The molecule has 0 bridgehead atoms. The number of ether oxygens (including phenoxy) is 1. The lowest BCUT2D eigenvalue weighted by Gasteiger charge is -2.35. The molecule has 7 nitrogen and oxygen atoms in total. The molecule has 2 aromatic rings. The summed E-state index contributed by atoms with van der Waals surface area (Å²) in [6.07, 6.45) is 5.62. The van der Waals surface area contributed by atoms with Gasteiger partial charge in [-0.25, -0.2) is 9.78 Å². The molecule has 3 heterocycles. The van der Waals surface area contributed by atoms with Crippen LogP contribution in [0.25, 0.3) is 11.3 Å². The molecular formula is C22H28N4O3. The largest absolute Gasteiger partial charge is 0.444 e. The smallest absolute Gasteiger partial charge is 0.410 e. The van der Waals surface area contributed by atoms with Crippen LogP contribution >= 0.6 is 0 Å². The Hall–Kier alpha value is -2.70. The van der Waals surface area contributed by atoms with Gasteiger partial charge in [-0.2, -0.15) is 4.91 Å². The summed E-state index contributed by atoms with van der Waals surface area (Å²) in [5.74, 6) is 0.172. The van der Waals surface area contributed by atoms with Crippen LogP contribution < -0.4 is 0 Å². The summed E-state index contributed by atoms with van der Waals surface area (Å²) < 4.78 is 7.62. The molecular weight excluding hydrogens is 368 g/mol. The van der Waals surface area contributed by atoms with E-state index in [4.69, 9.17) is 4.74 Å². The molecule has 1 aromatic heterocycles. The number of nitroso groups, excluding NO2 is 1. The predicted octanol–water partition coefficient (Wildman–Crippen LogP) is 4.63. The van der Waals surface area contributed by atoms with Crippen LogP contribution in [0, 0.1) is 10.8 Å². The summed E-state index contributed by atoms with van der Waals surface area (Å²) in [7, 11) is 0. The van der Waals surface area contributed by atoms with Crippen LogP contribution in [0.2, 0.25) is 0 Å². The molecule has 0 radical (unpaired) electrons. The summed E-state index contributed by atoms with van der Waals surface area (Å²) in [5, 5.41) is 3.52. The molecule has 0 saturated carbocycles. The van der Waals surface area contributed by atoms with Crippen LogP contribution in [0.4, 0.5) is 4.79 Å². The van der Waals surface area contributed by atoms with Crippen LogP contribution in [-0.2, 0) is 4.74 Å². The standard InChI is InChI=1S/C22H28N4O3/c1-22(2,3)29-21(27)25-10-8-15(9-11-25)18(24-28)12-19-16-6-4-5-7-17(16)20-13-23-14-26(19)20/h4-7,13-15,18-19H,8-12H2,1-3H3. The van der Waals surface area contributed by atoms with E-state index >= 15 is 0 Å². The number of hydrogen-bond acceptors (Lipinski definition) is 5. The highest BCUT2D eigenvalue weighted by Crippen LogP contribution is 2.42. The number of amides is 1. The second kappa shape index (κ2) is 7.61. The normalized spacial score (nSPS) is 20.1. The predicted molar refractivity (Wildman–Crippen MR) is 111 cm³/mol. The molecule has 2 atom stereocenters. The highest BCUT2D eigenvalue weighted by molar-refractivity contribution is 5.69. The number of benzene rings is 1. The number of carbonyl (C=O) groups is 1. The fourth-order valence-corrected chi connectivity index (χ4v) is 4.52. The first-order chi connectivity index (χ1) is 13.9. The minimum absolute atomic E-state index is 0.0790. The van der Waals surface area contributed by atoms with Crippen molar-refractivity contribution in [3.05, 3.63) is 47.3 Å². The quantitative estimate of drug-likeness (QED) is 0.706. The summed E-state index contributed by atoms with van der Waals surface area (Å²) in [5.41, 5.74) is 3.00. The first-order valence-corrected chi connectivity index (χ1v) is 10.3. The van der Waals surface area contributed by atoms with Crippen molar-refractivity contribution in [2.24, 2.45) is 11.1 Å². The van der Waals surface area contributed by atoms with Crippen molar-refractivity contribution in [1.29, 1.82) is 0 Å². The topological polar surface area (TPSA) is 76.8 Å². The van der Waals surface area contributed by atoms with E-state index in [-0.39, 0.29) is 24.1 Å². The molecule has 1 saturated heterocycles. The lowest BCUT2D eigenvalue weighted by molar-refractivity contribution is 0.0172. The van der Waals surface area contributed by atoms with Crippen LogP contribution in [0.15, 0.2) is 42.0 Å². The van der Waals surface area contributed by atoms with Gasteiger partial charge in [0.1, 0.15) is 5.60 Å². The second-order valence-electron chi connectivity index (χ2n) is 9.00. The Kier molecular flexibility index (Phi) is 5.15. The highest BCUT2D eigenvalue weighted by Gasteiger charge is 2.36. The number of likely N-dealkylation sites (tertiary alicyclic amines) is 1. The summed E-state index contributed by atoms with van der Waals surface area (Å²) in [4.78, 5) is 30.1. The van der Waals surface area contributed by atoms with Gasteiger partial charge in [0.25, 0.3) is 0 Å². The zero-order chi connectivity index (χ0) is 20.6. The Morgan fingerprint density at radius 3 is 2.69 bits per heavy atom. The zero-order valence-electron chi connectivity index (χ0n) is 17.2. The van der Waals surface area contributed by atoms with Gasteiger partial charge < -0.3 is 14.2 Å². The zero-order valence-corrected chi connectivity index (χ0v) is 17.2. The number of nitrogens with zero attached hydrogens (tertiary/aromatic N) is 4. The molecule has 154 valence electrons. The second-order valence-corrected chi connectivity index (χ2v) is 9.00. The van der Waals surface area contributed by atoms with Gasteiger partial charge in [0.05, 0.1) is 30.3 Å². The molecule has 1 amide bonds. The van der Waals surface area contributed by atoms with E-state index < -0.39 is 5.60 Å². The Labute approximate surface area is 171 Å². The van der Waals surface area contributed by atoms with E-state index in [1.54, 1.807) is 4.90 Å². The molecule has 0 aliphatic carbocycles. The molecule has 2 aliphatic heterocycles. The number of rotatable bonds is 4. The van der Waals surface area contributed by atoms with Gasteiger partial charge in [0.15, 0.2) is 0 Å². The Morgan fingerprint density at radius 1 is 1.28 bits per heavy atom. The van der Waals surface area contributed by atoms with Crippen molar-refractivity contribution in [2.45, 2.75) is 57.7 Å². The van der Waals surface area contributed by atoms with Gasteiger partial charge in [0, 0.05) is 18.7 Å². The van der Waals surface area contributed by atoms with Crippen LogP contribution in [0.3, 0.4) is 0 Å². The van der Waals surface area contributed by atoms with E-state index in [0.29, 0.717) is 19.5 Å². The molecule has 29 heavy (non-hydrogen) atoms. The number of aromatic nitrogens is 2. The highest BCUT2D eigenvalue weighted by atomic mass is 16.6. The van der Waals surface area contributed by atoms with Gasteiger partial charge in [-0.05, 0) is 51.5 Å². The maximum Gasteiger partial charge on any atom is 0.410 e. The summed E-state index contributed by atoms with van der Waals surface area (Å²) >= 11 is 0. The first-order valence-electron chi connectivity index (χ1n) is 10.3. The molecule has 4 rings (SSSR count). The number of fused-ring (bicyclic) bond motifs is 3. The van der Waals surface area contributed by atoms with Crippen LogP contribution in [-0.4, -0.2) is 45.3 Å². The molecule has 1 aromatic carbocycles. The third-order valence-corrected chi connectivity index (χ3v) is 5.93. The third kappa shape index (κ3) is 3.91. The van der Waals surface area contributed by atoms with Crippen molar-refractivity contribution in [1.82, 2.24) is 14.5 Å². The SMILES string of the molecule is CC(C)(C)OC(=O)N1CCC(C(CC2c3ccccc3-c3cncn32)N=O)CC1. The van der Waals surface area contributed by atoms with E-state index in [1.165, 1.54) is 11.1 Å². The van der Waals surface area contributed by atoms with Crippen LogP contribution in [0.5, 0.6) is 0 Å². The average Bonchev–Trinajstić information content (AvgIpc) is 3.27. The van der Waals surface area contributed by atoms with Gasteiger partial charge in [-0.3, -0.25) is 0 Å². The fourth-order valence-electron chi connectivity index (χ4n) is 4.52.